The number of nitrogens with zero attached hydrogens (tertiary/aromatic N) is 1. The molecule has 1 heterocycles. The van der Waals surface area contributed by atoms with Crippen LogP contribution in [0.15, 0.2) is 18.2 Å². The lowest BCUT2D eigenvalue weighted by molar-refractivity contribution is -0.122. The molecule has 0 radical (unpaired) electrons. The third-order valence-corrected chi connectivity index (χ3v) is 4.17. The molecule has 1 amide bonds. The summed E-state index contributed by atoms with van der Waals surface area (Å²) in [4.78, 5) is 13.8. The molecule has 5 nitrogen and oxygen atoms in total. The predicted octanol–water partition coefficient (Wildman–Crippen LogP) is 1.65. The van der Waals surface area contributed by atoms with Gasteiger partial charge in [0.15, 0.2) is 0 Å². The highest BCUT2D eigenvalue weighted by molar-refractivity contribution is 5.78. The van der Waals surface area contributed by atoms with E-state index in [1.54, 1.807) is 0 Å². The fourth-order valence-electron chi connectivity index (χ4n) is 2.98. The number of rotatable bonds is 6. The van der Waals surface area contributed by atoms with Crippen molar-refractivity contribution in [2.45, 2.75) is 45.7 Å². The van der Waals surface area contributed by atoms with E-state index in [2.05, 4.69) is 42.3 Å². The van der Waals surface area contributed by atoms with Gasteiger partial charge in [-0.05, 0) is 36.0 Å². The molecule has 0 fully saturated rings. The minimum atomic E-state index is -0.186. The summed E-state index contributed by atoms with van der Waals surface area (Å²) in [6, 6.07) is 6.89. The van der Waals surface area contributed by atoms with E-state index in [0.717, 1.165) is 26.1 Å². The first kappa shape index (κ1) is 16.9. The van der Waals surface area contributed by atoms with Gasteiger partial charge in [-0.2, -0.15) is 5.48 Å². The van der Waals surface area contributed by atoms with Crippen LogP contribution in [0.4, 0.5) is 0 Å². The summed E-state index contributed by atoms with van der Waals surface area (Å²) in [5, 5.41) is 11.4. The average Bonchev–Trinajstić information content (AvgIpc) is 2.46. The molecule has 0 aromatic heterocycles. The lowest BCUT2D eigenvalue weighted by Gasteiger charge is -2.31. The molecule has 1 aromatic carbocycles. The number of carbonyl (C=O) groups excluding carboxylic acids is 1. The lowest BCUT2D eigenvalue weighted by atomic mass is 9.93. The average molecular weight is 305 g/mol. The molecule has 0 unspecified atom stereocenters. The summed E-state index contributed by atoms with van der Waals surface area (Å²) in [6.07, 6.45) is 1.06. The Hall–Kier alpha value is -1.43. The van der Waals surface area contributed by atoms with Gasteiger partial charge in [-0.25, -0.2) is 0 Å². The molecule has 0 saturated heterocycles. The Balaban J connectivity index is 1.93. The molecule has 122 valence electrons. The third-order valence-electron chi connectivity index (χ3n) is 4.17. The molecule has 0 aliphatic carbocycles. The molecular weight excluding hydrogens is 278 g/mol. The maximum absolute atomic E-state index is 11.5. The number of benzene rings is 1. The highest BCUT2D eigenvalue weighted by atomic mass is 16.5. The molecule has 0 bridgehead atoms. The summed E-state index contributed by atoms with van der Waals surface area (Å²) >= 11 is 0. The third kappa shape index (κ3) is 4.53. The van der Waals surface area contributed by atoms with E-state index in [1.807, 2.05) is 12.4 Å². The standard InChI is InChI=1S/C17H27N3O2/c1-12(2)15-5-4-14-6-7-20(11-16(14)8-15)10-13(3)19-17(21)9-18-22/h4-5,8,12-13,18,22H,6-7,9-11H2,1-3H3,(H,19,21)/t13-/m0/s1. The van der Waals surface area contributed by atoms with Gasteiger partial charge in [0.2, 0.25) is 5.91 Å². The summed E-state index contributed by atoms with van der Waals surface area (Å²) in [5.74, 6) is 0.361. The maximum Gasteiger partial charge on any atom is 0.236 e. The van der Waals surface area contributed by atoms with Gasteiger partial charge < -0.3 is 10.5 Å². The lowest BCUT2D eigenvalue weighted by Crippen LogP contribution is -2.45. The first-order valence-corrected chi connectivity index (χ1v) is 8.00. The van der Waals surface area contributed by atoms with Crippen LogP contribution in [-0.4, -0.2) is 41.7 Å². The fraction of sp³-hybridized carbons (Fsp3) is 0.588. The van der Waals surface area contributed by atoms with Gasteiger partial charge in [0.1, 0.15) is 0 Å². The van der Waals surface area contributed by atoms with Gasteiger partial charge in [-0.3, -0.25) is 9.69 Å². The van der Waals surface area contributed by atoms with Crippen molar-refractivity contribution in [3.8, 4) is 0 Å². The Morgan fingerprint density at radius 1 is 1.32 bits per heavy atom. The summed E-state index contributed by atoms with van der Waals surface area (Å²) in [6.45, 7) is 9.15. The van der Waals surface area contributed by atoms with E-state index in [9.17, 15) is 4.79 Å². The van der Waals surface area contributed by atoms with Crippen LogP contribution in [0.25, 0.3) is 0 Å². The van der Waals surface area contributed by atoms with E-state index < -0.39 is 0 Å². The van der Waals surface area contributed by atoms with Crippen molar-refractivity contribution in [3.05, 3.63) is 34.9 Å². The molecule has 0 saturated carbocycles. The van der Waals surface area contributed by atoms with Gasteiger partial charge >= 0.3 is 0 Å². The second-order valence-electron chi connectivity index (χ2n) is 6.47. The molecule has 1 aliphatic heterocycles. The van der Waals surface area contributed by atoms with Crippen LogP contribution in [-0.2, 0) is 17.8 Å². The number of carbonyl (C=O) groups is 1. The van der Waals surface area contributed by atoms with Crippen molar-refractivity contribution in [3.63, 3.8) is 0 Å². The van der Waals surface area contributed by atoms with E-state index in [-0.39, 0.29) is 18.5 Å². The zero-order valence-corrected chi connectivity index (χ0v) is 13.7. The van der Waals surface area contributed by atoms with E-state index >= 15 is 0 Å². The Kier molecular flexibility index (Phi) is 5.94. The van der Waals surface area contributed by atoms with Crippen LogP contribution in [0.2, 0.25) is 0 Å². The van der Waals surface area contributed by atoms with Crippen molar-refractivity contribution >= 4 is 5.91 Å². The SMILES string of the molecule is CC(C)c1ccc2c(c1)CN(C[C@H](C)NC(=O)CNO)CC2. The zero-order chi connectivity index (χ0) is 16.1. The van der Waals surface area contributed by atoms with Gasteiger partial charge in [0, 0.05) is 25.7 Å². The number of nitrogens with one attached hydrogen (secondary N) is 2. The molecule has 0 spiro atoms. The van der Waals surface area contributed by atoms with E-state index in [1.165, 1.54) is 16.7 Å². The molecule has 1 atom stereocenters. The molecule has 1 aliphatic rings. The molecule has 3 N–H and O–H groups in total. The van der Waals surface area contributed by atoms with Crippen LogP contribution < -0.4 is 10.8 Å². The van der Waals surface area contributed by atoms with Crippen molar-refractivity contribution < 1.29 is 10.0 Å². The van der Waals surface area contributed by atoms with Crippen LogP contribution in [0.5, 0.6) is 0 Å². The fourth-order valence-corrected chi connectivity index (χ4v) is 2.98. The van der Waals surface area contributed by atoms with Crippen molar-refractivity contribution in [2.24, 2.45) is 0 Å². The summed E-state index contributed by atoms with van der Waals surface area (Å²) in [5.41, 5.74) is 6.12. The molecular formula is C17H27N3O2. The van der Waals surface area contributed by atoms with Gasteiger partial charge in [0.25, 0.3) is 0 Å². The van der Waals surface area contributed by atoms with Crippen LogP contribution in [0.3, 0.4) is 0 Å². The van der Waals surface area contributed by atoms with Crippen molar-refractivity contribution in [1.29, 1.82) is 0 Å². The van der Waals surface area contributed by atoms with E-state index in [0.29, 0.717) is 5.92 Å². The first-order chi connectivity index (χ1) is 10.5. The molecule has 5 heteroatoms. The topological polar surface area (TPSA) is 64.6 Å². The Morgan fingerprint density at radius 3 is 2.77 bits per heavy atom. The number of fused-ring (bicyclic) bond motifs is 1. The second-order valence-corrected chi connectivity index (χ2v) is 6.47. The summed E-state index contributed by atoms with van der Waals surface area (Å²) in [7, 11) is 0. The van der Waals surface area contributed by atoms with Crippen molar-refractivity contribution in [1.82, 2.24) is 15.7 Å². The summed E-state index contributed by atoms with van der Waals surface area (Å²) < 4.78 is 0. The van der Waals surface area contributed by atoms with Gasteiger partial charge in [0.05, 0.1) is 6.54 Å². The van der Waals surface area contributed by atoms with E-state index in [4.69, 9.17) is 5.21 Å². The largest absolute Gasteiger partial charge is 0.351 e. The van der Waals surface area contributed by atoms with Crippen LogP contribution in [0, 0.1) is 0 Å². The quantitative estimate of drug-likeness (QED) is 0.699. The minimum Gasteiger partial charge on any atom is -0.351 e. The number of hydrogen-bond donors (Lipinski definition) is 3. The molecule has 22 heavy (non-hydrogen) atoms. The normalized spacial score (nSPS) is 16.4. The number of hydrogen-bond acceptors (Lipinski definition) is 4. The second kappa shape index (κ2) is 7.72. The Morgan fingerprint density at radius 2 is 2.09 bits per heavy atom. The highest BCUT2D eigenvalue weighted by Crippen LogP contribution is 2.24. The smallest absolute Gasteiger partial charge is 0.236 e. The number of hydroxylamine groups is 1. The Labute approximate surface area is 132 Å². The van der Waals surface area contributed by atoms with Gasteiger partial charge in [-0.1, -0.05) is 32.0 Å². The zero-order valence-electron chi connectivity index (χ0n) is 13.7. The monoisotopic (exact) mass is 305 g/mol. The van der Waals surface area contributed by atoms with Crippen LogP contribution in [0.1, 0.15) is 43.4 Å². The molecule has 1 aromatic rings. The predicted molar refractivity (Wildman–Crippen MR) is 86.9 cm³/mol. The van der Waals surface area contributed by atoms with Crippen molar-refractivity contribution in [2.75, 3.05) is 19.6 Å². The highest BCUT2D eigenvalue weighted by Gasteiger charge is 2.19. The maximum atomic E-state index is 11.5. The first-order valence-electron chi connectivity index (χ1n) is 8.00. The minimum absolute atomic E-state index is 0.0646. The number of amides is 1. The van der Waals surface area contributed by atoms with Gasteiger partial charge in [-0.15, -0.1) is 0 Å². The van der Waals surface area contributed by atoms with Crippen LogP contribution >= 0.6 is 0 Å². The molecule has 2 rings (SSSR count). The Bertz CT molecular complexity index is 517.